The van der Waals surface area contributed by atoms with Crippen LogP contribution in [-0.4, -0.2) is 37.6 Å². The lowest BCUT2D eigenvalue weighted by Crippen LogP contribution is -2.32. The predicted octanol–water partition coefficient (Wildman–Crippen LogP) is 2.11. The van der Waals surface area contributed by atoms with Crippen molar-refractivity contribution in [3.8, 4) is 0 Å². The molecule has 0 spiro atoms. The normalized spacial score (nSPS) is 28.2. The van der Waals surface area contributed by atoms with Gasteiger partial charge in [-0.15, -0.1) is 0 Å². The van der Waals surface area contributed by atoms with Crippen LogP contribution in [0.4, 0.5) is 0 Å². The fraction of sp³-hybridized carbons (Fsp3) is 1.00. The van der Waals surface area contributed by atoms with Crippen LogP contribution in [0.2, 0.25) is 0 Å². The minimum atomic E-state index is 0.927. The van der Waals surface area contributed by atoms with Crippen LogP contribution in [0.25, 0.3) is 0 Å². The Morgan fingerprint density at radius 2 is 2.07 bits per heavy atom. The average Bonchev–Trinajstić information content (AvgIpc) is 2.60. The Morgan fingerprint density at radius 3 is 2.73 bits per heavy atom. The zero-order chi connectivity index (χ0) is 10.5. The molecule has 2 aliphatic rings. The van der Waals surface area contributed by atoms with E-state index in [1.165, 1.54) is 64.8 Å². The molecular weight excluding hydrogens is 184 g/mol. The molecule has 0 aromatic heterocycles. The number of nitrogens with zero attached hydrogens (tertiary/aromatic N) is 1. The Kier molecular flexibility index (Phi) is 4.45. The molecule has 0 radical (unpaired) electrons. The molecule has 0 bridgehead atoms. The molecular formula is C13H26N2. The highest BCUT2D eigenvalue weighted by molar-refractivity contribution is 4.81. The Morgan fingerprint density at radius 1 is 1.20 bits per heavy atom. The summed E-state index contributed by atoms with van der Waals surface area (Å²) in [6, 6.07) is 0. The van der Waals surface area contributed by atoms with E-state index in [9.17, 15) is 0 Å². The third-order valence-electron chi connectivity index (χ3n) is 3.97. The lowest BCUT2D eigenvalue weighted by Gasteiger charge is -2.30. The van der Waals surface area contributed by atoms with Gasteiger partial charge in [0.15, 0.2) is 0 Å². The van der Waals surface area contributed by atoms with Gasteiger partial charge in [-0.25, -0.2) is 0 Å². The van der Waals surface area contributed by atoms with E-state index in [0.29, 0.717) is 0 Å². The second-order valence-corrected chi connectivity index (χ2v) is 5.42. The van der Waals surface area contributed by atoms with Crippen molar-refractivity contribution in [2.24, 2.45) is 11.8 Å². The van der Waals surface area contributed by atoms with E-state index in [1.807, 2.05) is 0 Å². The second kappa shape index (κ2) is 5.86. The highest BCUT2D eigenvalue weighted by Gasteiger charge is 2.26. The van der Waals surface area contributed by atoms with E-state index < -0.39 is 0 Å². The smallest absolute Gasteiger partial charge is 0.00224 e. The Labute approximate surface area is 94.4 Å². The zero-order valence-corrected chi connectivity index (χ0v) is 10.2. The van der Waals surface area contributed by atoms with E-state index in [4.69, 9.17) is 0 Å². The SMILES string of the molecule is CCCNCC1CCN(CC2CCC2)C1. The van der Waals surface area contributed by atoms with E-state index in [1.54, 1.807) is 0 Å². The average molecular weight is 210 g/mol. The molecule has 15 heavy (non-hydrogen) atoms. The standard InChI is InChI=1S/C13H26N2/c1-2-7-14-9-13-6-8-15(11-13)10-12-4-3-5-12/h12-14H,2-11H2,1H3. The molecule has 0 aromatic rings. The fourth-order valence-electron chi connectivity index (χ4n) is 2.77. The van der Waals surface area contributed by atoms with Crippen LogP contribution in [-0.2, 0) is 0 Å². The van der Waals surface area contributed by atoms with Gasteiger partial charge in [0.25, 0.3) is 0 Å². The topological polar surface area (TPSA) is 15.3 Å². The first kappa shape index (κ1) is 11.4. The predicted molar refractivity (Wildman–Crippen MR) is 65.0 cm³/mol. The number of rotatable bonds is 6. The summed E-state index contributed by atoms with van der Waals surface area (Å²) in [6.07, 6.45) is 7.16. The zero-order valence-electron chi connectivity index (χ0n) is 10.2. The Hall–Kier alpha value is -0.0800. The molecule has 1 heterocycles. The van der Waals surface area contributed by atoms with Crippen LogP contribution >= 0.6 is 0 Å². The maximum Gasteiger partial charge on any atom is 0.00224 e. The van der Waals surface area contributed by atoms with Crippen molar-refractivity contribution in [2.45, 2.75) is 39.0 Å². The summed E-state index contributed by atoms with van der Waals surface area (Å²) in [4.78, 5) is 2.70. The molecule has 88 valence electrons. The van der Waals surface area contributed by atoms with Crippen molar-refractivity contribution in [3.63, 3.8) is 0 Å². The molecule has 1 aliphatic heterocycles. The van der Waals surface area contributed by atoms with Crippen LogP contribution in [0.1, 0.15) is 39.0 Å². The van der Waals surface area contributed by atoms with Gasteiger partial charge in [-0.2, -0.15) is 0 Å². The molecule has 2 fully saturated rings. The van der Waals surface area contributed by atoms with Gasteiger partial charge in [-0.1, -0.05) is 13.3 Å². The molecule has 1 atom stereocenters. The van der Waals surface area contributed by atoms with Gasteiger partial charge in [0, 0.05) is 13.1 Å². The van der Waals surface area contributed by atoms with Crippen molar-refractivity contribution in [1.29, 1.82) is 0 Å². The van der Waals surface area contributed by atoms with Gasteiger partial charge < -0.3 is 10.2 Å². The van der Waals surface area contributed by atoms with E-state index >= 15 is 0 Å². The summed E-state index contributed by atoms with van der Waals surface area (Å²) in [5.41, 5.74) is 0. The molecule has 1 saturated heterocycles. The minimum Gasteiger partial charge on any atom is -0.316 e. The maximum absolute atomic E-state index is 3.55. The fourth-order valence-corrected chi connectivity index (χ4v) is 2.77. The Balaban J connectivity index is 1.57. The van der Waals surface area contributed by atoms with Crippen LogP contribution in [0.3, 0.4) is 0 Å². The van der Waals surface area contributed by atoms with Crippen LogP contribution in [0.5, 0.6) is 0 Å². The molecule has 1 unspecified atom stereocenters. The molecule has 1 N–H and O–H groups in total. The first-order valence-electron chi connectivity index (χ1n) is 6.81. The molecule has 2 rings (SSSR count). The van der Waals surface area contributed by atoms with E-state index in [2.05, 4.69) is 17.1 Å². The summed E-state index contributed by atoms with van der Waals surface area (Å²) in [5, 5.41) is 3.55. The van der Waals surface area contributed by atoms with E-state index in [-0.39, 0.29) is 0 Å². The van der Waals surface area contributed by atoms with Crippen molar-refractivity contribution in [2.75, 3.05) is 32.7 Å². The van der Waals surface area contributed by atoms with Gasteiger partial charge in [-0.05, 0) is 57.2 Å². The Bertz CT molecular complexity index is 177. The molecule has 2 heteroatoms. The van der Waals surface area contributed by atoms with Crippen LogP contribution in [0, 0.1) is 11.8 Å². The largest absolute Gasteiger partial charge is 0.316 e. The lowest BCUT2D eigenvalue weighted by atomic mass is 9.85. The first-order valence-corrected chi connectivity index (χ1v) is 6.81. The van der Waals surface area contributed by atoms with Crippen molar-refractivity contribution >= 4 is 0 Å². The molecule has 2 nitrogen and oxygen atoms in total. The van der Waals surface area contributed by atoms with Crippen molar-refractivity contribution in [1.82, 2.24) is 10.2 Å². The summed E-state index contributed by atoms with van der Waals surface area (Å²) in [5.74, 6) is 1.98. The second-order valence-electron chi connectivity index (χ2n) is 5.42. The lowest BCUT2D eigenvalue weighted by molar-refractivity contribution is 0.200. The number of hydrogen-bond donors (Lipinski definition) is 1. The van der Waals surface area contributed by atoms with Gasteiger partial charge in [-0.3, -0.25) is 0 Å². The van der Waals surface area contributed by atoms with Gasteiger partial charge in [0.1, 0.15) is 0 Å². The third kappa shape index (κ3) is 3.46. The summed E-state index contributed by atoms with van der Waals surface area (Å²) >= 11 is 0. The van der Waals surface area contributed by atoms with E-state index in [0.717, 1.165) is 11.8 Å². The summed E-state index contributed by atoms with van der Waals surface area (Å²) < 4.78 is 0. The number of likely N-dealkylation sites (tertiary alicyclic amines) is 1. The molecule has 0 aromatic carbocycles. The molecule has 1 saturated carbocycles. The number of hydrogen-bond acceptors (Lipinski definition) is 2. The maximum atomic E-state index is 3.55. The summed E-state index contributed by atoms with van der Waals surface area (Å²) in [7, 11) is 0. The van der Waals surface area contributed by atoms with Gasteiger partial charge >= 0.3 is 0 Å². The number of nitrogens with one attached hydrogen (secondary N) is 1. The minimum absolute atomic E-state index is 0.927. The van der Waals surface area contributed by atoms with Gasteiger partial charge in [0.2, 0.25) is 0 Å². The van der Waals surface area contributed by atoms with Gasteiger partial charge in [0.05, 0.1) is 0 Å². The monoisotopic (exact) mass is 210 g/mol. The highest BCUT2D eigenvalue weighted by Crippen LogP contribution is 2.28. The summed E-state index contributed by atoms with van der Waals surface area (Å²) in [6.45, 7) is 8.78. The highest BCUT2D eigenvalue weighted by atomic mass is 15.2. The van der Waals surface area contributed by atoms with Crippen LogP contribution in [0.15, 0.2) is 0 Å². The quantitative estimate of drug-likeness (QED) is 0.676. The molecule has 0 amide bonds. The van der Waals surface area contributed by atoms with Crippen LogP contribution < -0.4 is 5.32 Å². The third-order valence-corrected chi connectivity index (χ3v) is 3.97. The van der Waals surface area contributed by atoms with Crippen molar-refractivity contribution < 1.29 is 0 Å². The molecule has 1 aliphatic carbocycles. The first-order chi connectivity index (χ1) is 7.38. The van der Waals surface area contributed by atoms with Crippen molar-refractivity contribution in [3.05, 3.63) is 0 Å².